The number of nitrogens with zero attached hydrogens (tertiary/aromatic N) is 3. The van der Waals surface area contributed by atoms with E-state index in [1.165, 1.54) is 71.6 Å². The van der Waals surface area contributed by atoms with Crippen LogP contribution in [0, 0.1) is 5.92 Å². The predicted octanol–water partition coefficient (Wildman–Crippen LogP) is 1.46. The lowest BCUT2D eigenvalue weighted by molar-refractivity contribution is 0.0235. The topological polar surface area (TPSA) is 35.7 Å². The Morgan fingerprint density at radius 3 is 2.24 bits per heavy atom. The van der Waals surface area contributed by atoms with Gasteiger partial charge in [-0.3, -0.25) is 4.90 Å². The molecule has 0 bridgehead atoms. The van der Waals surface area contributed by atoms with Gasteiger partial charge in [-0.2, -0.15) is 0 Å². The Kier molecular flexibility index (Phi) is 6.48. The molecule has 2 aliphatic rings. The smallest absolute Gasteiger partial charge is 0.0345 e. The van der Waals surface area contributed by atoms with Gasteiger partial charge in [0, 0.05) is 44.8 Å². The first-order valence-electron chi connectivity index (χ1n) is 8.99. The van der Waals surface area contributed by atoms with E-state index in [-0.39, 0.29) is 5.54 Å². The second kappa shape index (κ2) is 7.91. The molecule has 1 atom stereocenters. The maximum atomic E-state index is 6.27. The first-order valence-corrected chi connectivity index (χ1v) is 8.99. The highest BCUT2D eigenvalue weighted by Crippen LogP contribution is 2.29. The fourth-order valence-electron chi connectivity index (χ4n) is 4.12. The largest absolute Gasteiger partial charge is 0.329 e. The summed E-state index contributed by atoms with van der Waals surface area (Å²) in [5, 5.41) is 0. The lowest BCUT2D eigenvalue weighted by atomic mass is 9.87. The van der Waals surface area contributed by atoms with Crippen molar-refractivity contribution in [2.75, 3.05) is 58.9 Å². The SMILES string of the molecule is CCN1CCCC(CN)(N2CCN(CC(C)C)CC2)CC1. The molecule has 0 radical (unpaired) electrons. The summed E-state index contributed by atoms with van der Waals surface area (Å²) in [6.07, 6.45) is 3.84. The highest BCUT2D eigenvalue weighted by atomic mass is 15.3. The maximum absolute atomic E-state index is 6.27. The third kappa shape index (κ3) is 4.41. The molecular formula is C17H36N4. The normalized spacial score (nSPS) is 30.7. The van der Waals surface area contributed by atoms with E-state index in [4.69, 9.17) is 5.73 Å². The van der Waals surface area contributed by atoms with Crippen molar-refractivity contribution in [3.63, 3.8) is 0 Å². The number of hydrogen-bond donors (Lipinski definition) is 1. The van der Waals surface area contributed by atoms with E-state index in [0.29, 0.717) is 0 Å². The van der Waals surface area contributed by atoms with Crippen molar-refractivity contribution in [2.24, 2.45) is 11.7 Å². The average molecular weight is 297 g/mol. The predicted molar refractivity (Wildman–Crippen MR) is 90.6 cm³/mol. The van der Waals surface area contributed by atoms with Gasteiger partial charge in [0.25, 0.3) is 0 Å². The van der Waals surface area contributed by atoms with Crippen molar-refractivity contribution in [3.05, 3.63) is 0 Å². The van der Waals surface area contributed by atoms with E-state index in [9.17, 15) is 0 Å². The summed E-state index contributed by atoms with van der Waals surface area (Å²) in [7, 11) is 0. The molecule has 0 aliphatic carbocycles. The third-order valence-electron chi connectivity index (χ3n) is 5.50. The van der Waals surface area contributed by atoms with E-state index >= 15 is 0 Å². The highest BCUT2D eigenvalue weighted by Gasteiger charge is 2.38. The van der Waals surface area contributed by atoms with Gasteiger partial charge in [-0.05, 0) is 44.8 Å². The summed E-state index contributed by atoms with van der Waals surface area (Å²) >= 11 is 0. The second-order valence-corrected chi connectivity index (χ2v) is 7.40. The van der Waals surface area contributed by atoms with Crippen molar-refractivity contribution < 1.29 is 0 Å². The molecule has 4 nitrogen and oxygen atoms in total. The molecule has 2 heterocycles. The first-order chi connectivity index (χ1) is 10.1. The Hall–Kier alpha value is -0.160. The Balaban J connectivity index is 1.92. The number of piperazine rings is 1. The van der Waals surface area contributed by atoms with E-state index in [0.717, 1.165) is 12.5 Å². The summed E-state index contributed by atoms with van der Waals surface area (Å²) in [6.45, 7) is 17.5. The third-order valence-corrected chi connectivity index (χ3v) is 5.50. The first kappa shape index (κ1) is 17.2. The van der Waals surface area contributed by atoms with Crippen molar-refractivity contribution in [1.82, 2.24) is 14.7 Å². The van der Waals surface area contributed by atoms with Gasteiger partial charge in [0.05, 0.1) is 0 Å². The van der Waals surface area contributed by atoms with E-state index in [2.05, 4.69) is 35.5 Å². The molecular weight excluding hydrogens is 260 g/mol. The molecule has 0 amide bonds. The molecule has 124 valence electrons. The van der Waals surface area contributed by atoms with Crippen molar-refractivity contribution in [1.29, 1.82) is 0 Å². The second-order valence-electron chi connectivity index (χ2n) is 7.40. The van der Waals surface area contributed by atoms with Gasteiger partial charge in [0.15, 0.2) is 0 Å². The Morgan fingerprint density at radius 2 is 1.67 bits per heavy atom. The van der Waals surface area contributed by atoms with Gasteiger partial charge in [-0.15, -0.1) is 0 Å². The molecule has 2 saturated heterocycles. The van der Waals surface area contributed by atoms with Crippen LogP contribution in [-0.4, -0.2) is 79.1 Å². The van der Waals surface area contributed by atoms with Crippen LogP contribution in [0.25, 0.3) is 0 Å². The molecule has 21 heavy (non-hydrogen) atoms. The summed E-state index contributed by atoms with van der Waals surface area (Å²) in [4.78, 5) is 7.94. The molecule has 2 aliphatic heterocycles. The van der Waals surface area contributed by atoms with Crippen LogP contribution in [0.2, 0.25) is 0 Å². The van der Waals surface area contributed by atoms with Gasteiger partial charge in [0.1, 0.15) is 0 Å². The van der Waals surface area contributed by atoms with Gasteiger partial charge in [0.2, 0.25) is 0 Å². The van der Waals surface area contributed by atoms with Crippen LogP contribution >= 0.6 is 0 Å². The minimum absolute atomic E-state index is 0.272. The molecule has 0 saturated carbocycles. The van der Waals surface area contributed by atoms with Crippen LogP contribution in [0.4, 0.5) is 0 Å². The van der Waals surface area contributed by atoms with Gasteiger partial charge >= 0.3 is 0 Å². The zero-order valence-corrected chi connectivity index (χ0v) is 14.5. The number of rotatable bonds is 5. The van der Waals surface area contributed by atoms with E-state index in [1.54, 1.807) is 0 Å². The van der Waals surface area contributed by atoms with Crippen LogP contribution in [0.15, 0.2) is 0 Å². The van der Waals surface area contributed by atoms with Gasteiger partial charge in [-0.1, -0.05) is 20.8 Å². The quantitative estimate of drug-likeness (QED) is 0.833. The maximum Gasteiger partial charge on any atom is 0.0345 e. The van der Waals surface area contributed by atoms with Crippen molar-refractivity contribution in [3.8, 4) is 0 Å². The zero-order valence-electron chi connectivity index (χ0n) is 14.5. The van der Waals surface area contributed by atoms with E-state index < -0.39 is 0 Å². The minimum atomic E-state index is 0.272. The monoisotopic (exact) mass is 296 g/mol. The molecule has 2 N–H and O–H groups in total. The van der Waals surface area contributed by atoms with Gasteiger partial charge < -0.3 is 15.5 Å². The Bertz CT molecular complexity index is 299. The van der Waals surface area contributed by atoms with Crippen LogP contribution in [0.3, 0.4) is 0 Å². The summed E-state index contributed by atoms with van der Waals surface area (Å²) in [6, 6.07) is 0. The fourth-order valence-corrected chi connectivity index (χ4v) is 4.12. The minimum Gasteiger partial charge on any atom is -0.329 e. The Morgan fingerprint density at radius 1 is 0.952 bits per heavy atom. The highest BCUT2D eigenvalue weighted by molar-refractivity contribution is 4.96. The number of likely N-dealkylation sites (tertiary alicyclic amines) is 1. The zero-order chi connectivity index (χ0) is 15.3. The number of nitrogens with two attached hydrogens (primary N) is 1. The lowest BCUT2D eigenvalue weighted by Crippen LogP contribution is -2.60. The van der Waals surface area contributed by atoms with Crippen LogP contribution in [0.1, 0.15) is 40.0 Å². The molecule has 4 heteroatoms. The molecule has 1 unspecified atom stereocenters. The molecule has 0 aromatic rings. The van der Waals surface area contributed by atoms with Crippen LogP contribution in [-0.2, 0) is 0 Å². The molecule has 0 aromatic carbocycles. The number of hydrogen-bond acceptors (Lipinski definition) is 4. The molecule has 0 aromatic heterocycles. The lowest BCUT2D eigenvalue weighted by Gasteiger charge is -2.47. The van der Waals surface area contributed by atoms with Crippen molar-refractivity contribution >= 4 is 0 Å². The summed E-state index contributed by atoms with van der Waals surface area (Å²) in [5.41, 5.74) is 6.54. The summed E-state index contributed by atoms with van der Waals surface area (Å²) < 4.78 is 0. The van der Waals surface area contributed by atoms with Crippen LogP contribution in [0.5, 0.6) is 0 Å². The molecule has 0 spiro atoms. The fraction of sp³-hybridized carbons (Fsp3) is 1.00. The Labute approximate surface area is 131 Å². The average Bonchev–Trinajstić information content (AvgIpc) is 2.70. The summed E-state index contributed by atoms with van der Waals surface area (Å²) in [5.74, 6) is 0.774. The van der Waals surface area contributed by atoms with Crippen molar-refractivity contribution in [2.45, 2.75) is 45.6 Å². The standard InChI is InChI=1S/C17H36N4/c1-4-19-8-5-6-17(15-18,7-9-19)21-12-10-20(11-13-21)14-16(2)3/h16H,4-15,18H2,1-3H3. The van der Waals surface area contributed by atoms with E-state index in [1.807, 2.05) is 0 Å². The van der Waals surface area contributed by atoms with Crippen LogP contribution < -0.4 is 5.73 Å². The molecule has 2 fully saturated rings. The molecule has 2 rings (SSSR count). The van der Waals surface area contributed by atoms with Gasteiger partial charge in [-0.25, -0.2) is 0 Å².